The van der Waals surface area contributed by atoms with Gasteiger partial charge < -0.3 is 15.6 Å². The van der Waals surface area contributed by atoms with Crippen LogP contribution in [-0.4, -0.2) is 6.34 Å². The molecule has 0 fully saturated rings. The molecule has 1 aromatic carbocycles. The number of benzene rings is 1. The van der Waals surface area contributed by atoms with Crippen molar-refractivity contribution >= 4 is 17.3 Å². The molecule has 0 saturated heterocycles. The third kappa shape index (κ3) is 1.46. The monoisotopic (exact) mass is 216 g/mol. The number of hydrazine groups is 1. The molecule has 1 atom stereocenters. The maximum Gasteiger partial charge on any atom is 0.143 e. The van der Waals surface area contributed by atoms with Crippen molar-refractivity contribution < 1.29 is 4.42 Å². The van der Waals surface area contributed by atoms with Gasteiger partial charge in [0.25, 0.3) is 0 Å². The van der Waals surface area contributed by atoms with E-state index in [2.05, 4.69) is 21.9 Å². The van der Waals surface area contributed by atoms with Gasteiger partial charge in [-0.3, -0.25) is 0 Å². The van der Waals surface area contributed by atoms with E-state index in [0.717, 1.165) is 22.3 Å². The third-order valence-corrected chi connectivity index (χ3v) is 2.62. The molecule has 0 spiro atoms. The molecule has 0 amide bonds. The topological polar surface area (TPSA) is 75.6 Å². The minimum atomic E-state index is -0.0272. The number of nitrogens with two attached hydrogens (primary N) is 1. The molecule has 0 radical (unpaired) electrons. The summed E-state index contributed by atoms with van der Waals surface area (Å²) in [5, 5.41) is 1.06. The highest BCUT2D eigenvalue weighted by molar-refractivity contribution is 5.79. The van der Waals surface area contributed by atoms with Crippen LogP contribution in [0.2, 0.25) is 0 Å². The van der Waals surface area contributed by atoms with Gasteiger partial charge in [-0.15, -0.1) is 0 Å². The Morgan fingerprint density at radius 3 is 3.06 bits per heavy atom. The van der Waals surface area contributed by atoms with E-state index in [1.807, 2.05) is 18.2 Å². The van der Waals surface area contributed by atoms with E-state index in [9.17, 15) is 0 Å². The van der Waals surface area contributed by atoms with Crippen molar-refractivity contribution in [3.05, 3.63) is 35.6 Å². The summed E-state index contributed by atoms with van der Waals surface area (Å²) in [5.41, 5.74) is 13.4. The number of fused-ring (bicyclic) bond motifs is 1. The van der Waals surface area contributed by atoms with E-state index >= 15 is 0 Å². The predicted octanol–water partition coefficient (Wildman–Crippen LogP) is 1.03. The Kier molecular flexibility index (Phi) is 2.12. The van der Waals surface area contributed by atoms with E-state index in [-0.39, 0.29) is 6.17 Å². The van der Waals surface area contributed by atoms with Crippen molar-refractivity contribution in [2.45, 2.75) is 12.7 Å². The molecule has 1 aliphatic heterocycles. The van der Waals surface area contributed by atoms with Crippen LogP contribution < -0.4 is 16.6 Å². The van der Waals surface area contributed by atoms with E-state index in [1.165, 1.54) is 0 Å². The van der Waals surface area contributed by atoms with E-state index in [4.69, 9.17) is 10.2 Å². The second-order valence-electron chi connectivity index (χ2n) is 3.68. The summed E-state index contributed by atoms with van der Waals surface area (Å²) in [6.07, 6.45) is 1.62. The quantitative estimate of drug-likeness (QED) is 0.700. The fraction of sp³-hybridized carbons (Fsp3) is 0.182. The first-order valence-electron chi connectivity index (χ1n) is 5.12. The zero-order valence-corrected chi connectivity index (χ0v) is 8.60. The minimum absolute atomic E-state index is 0.0272. The van der Waals surface area contributed by atoms with Crippen molar-refractivity contribution in [2.24, 2.45) is 10.7 Å². The van der Waals surface area contributed by atoms with Gasteiger partial charge in [-0.2, -0.15) is 0 Å². The number of aliphatic imine (C=N–C) groups is 1. The number of rotatable bonds is 2. The molecule has 0 bridgehead atoms. The summed E-state index contributed by atoms with van der Waals surface area (Å²) in [6.45, 7) is 0.422. The van der Waals surface area contributed by atoms with Crippen LogP contribution in [-0.2, 0) is 6.54 Å². The first-order chi connectivity index (χ1) is 7.86. The summed E-state index contributed by atoms with van der Waals surface area (Å²) in [5.74, 6) is 0.799. The normalized spacial score (nSPS) is 19.2. The Labute approximate surface area is 92.3 Å². The maximum atomic E-state index is 5.54. The molecule has 2 aromatic rings. The summed E-state index contributed by atoms with van der Waals surface area (Å²) < 4.78 is 5.54. The molecule has 1 aliphatic rings. The highest BCUT2D eigenvalue weighted by Crippen LogP contribution is 2.24. The number of hydrogen-bond donors (Lipinski definition) is 3. The highest BCUT2D eigenvalue weighted by atomic mass is 16.3. The van der Waals surface area contributed by atoms with Crippen LogP contribution in [0.4, 0.5) is 0 Å². The standard InChI is InChI=1S/C11H12N4O/c12-5-9-4-8-3-7(1-2-10(8)16-9)11-13-6-14-15-11/h1-4,6,11,15H,5,12H2,(H,13,14). The molecule has 0 aliphatic carbocycles. The van der Waals surface area contributed by atoms with Crippen LogP contribution in [0.3, 0.4) is 0 Å². The summed E-state index contributed by atoms with van der Waals surface area (Å²) in [7, 11) is 0. The Morgan fingerprint density at radius 1 is 1.38 bits per heavy atom. The zero-order chi connectivity index (χ0) is 11.0. The first-order valence-corrected chi connectivity index (χ1v) is 5.12. The number of nitrogens with one attached hydrogen (secondary N) is 2. The number of hydrogen-bond acceptors (Lipinski definition) is 5. The molecular weight excluding hydrogens is 204 g/mol. The summed E-state index contributed by atoms with van der Waals surface area (Å²) in [6, 6.07) is 7.96. The Hall–Kier alpha value is -1.85. The second-order valence-corrected chi connectivity index (χ2v) is 3.68. The van der Waals surface area contributed by atoms with Crippen molar-refractivity contribution in [1.82, 2.24) is 10.9 Å². The smallest absolute Gasteiger partial charge is 0.143 e. The van der Waals surface area contributed by atoms with Gasteiger partial charge in [-0.05, 0) is 23.8 Å². The predicted molar refractivity (Wildman–Crippen MR) is 61.6 cm³/mol. The van der Waals surface area contributed by atoms with Crippen LogP contribution >= 0.6 is 0 Å². The Bertz CT molecular complexity index is 546. The molecule has 5 heteroatoms. The molecular formula is C11H12N4O. The zero-order valence-electron chi connectivity index (χ0n) is 8.60. The summed E-state index contributed by atoms with van der Waals surface area (Å²) in [4.78, 5) is 4.24. The molecule has 3 rings (SSSR count). The van der Waals surface area contributed by atoms with Crippen LogP contribution in [0.1, 0.15) is 17.5 Å². The lowest BCUT2D eigenvalue weighted by atomic mass is 10.1. The first kappa shape index (κ1) is 9.38. The van der Waals surface area contributed by atoms with Gasteiger partial charge in [0.05, 0.1) is 12.9 Å². The molecule has 82 valence electrons. The van der Waals surface area contributed by atoms with Gasteiger partial charge in [0.15, 0.2) is 0 Å². The number of nitrogens with zero attached hydrogens (tertiary/aromatic N) is 1. The largest absolute Gasteiger partial charge is 0.460 e. The highest BCUT2D eigenvalue weighted by Gasteiger charge is 2.13. The van der Waals surface area contributed by atoms with Crippen LogP contribution in [0, 0.1) is 0 Å². The van der Waals surface area contributed by atoms with E-state index in [1.54, 1.807) is 6.34 Å². The molecule has 16 heavy (non-hydrogen) atoms. The molecule has 2 heterocycles. The second kappa shape index (κ2) is 3.62. The lowest BCUT2D eigenvalue weighted by molar-refractivity contribution is 0.551. The van der Waals surface area contributed by atoms with Crippen molar-refractivity contribution in [3.8, 4) is 0 Å². The van der Waals surface area contributed by atoms with Gasteiger partial charge >= 0.3 is 0 Å². The van der Waals surface area contributed by atoms with Crippen molar-refractivity contribution in [1.29, 1.82) is 0 Å². The Morgan fingerprint density at radius 2 is 2.31 bits per heavy atom. The van der Waals surface area contributed by atoms with Crippen molar-refractivity contribution in [2.75, 3.05) is 0 Å². The molecule has 1 aromatic heterocycles. The van der Waals surface area contributed by atoms with Gasteiger partial charge in [0.1, 0.15) is 17.5 Å². The maximum absolute atomic E-state index is 5.54. The number of furan rings is 1. The van der Waals surface area contributed by atoms with Gasteiger partial charge in [0.2, 0.25) is 0 Å². The fourth-order valence-electron chi connectivity index (χ4n) is 1.82. The fourth-order valence-corrected chi connectivity index (χ4v) is 1.82. The van der Waals surface area contributed by atoms with Gasteiger partial charge in [0, 0.05) is 5.39 Å². The molecule has 1 unspecified atom stereocenters. The third-order valence-electron chi connectivity index (χ3n) is 2.62. The average molecular weight is 216 g/mol. The SMILES string of the molecule is NCc1cc2cc(C3N=CNN3)ccc2o1. The van der Waals surface area contributed by atoms with Crippen LogP contribution in [0.25, 0.3) is 11.0 Å². The summed E-state index contributed by atoms with van der Waals surface area (Å²) >= 11 is 0. The van der Waals surface area contributed by atoms with Gasteiger partial charge in [-0.25, -0.2) is 10.4 Å². The van der Waals surface area contributed by atoms with Crippen molar-refractivity contribution in [3.63, 3.8) is 0 Å². The van der Waals surface area contributed by atoms with Gasteiger partial charge in [-0.1, -0.05) is 6.07 Å². The molecule has 0 saturated carbocycles. The van der Waals surface area contributed by atoms with Crippen LogP contribution in [0.5, 0.6) is 0 Å². The minimum Gasteiger partial charge on any atom is -0.460 e. The Balaban J connectivity index is 2.04. The lowest BCUT2D eigenvalue weighted by Gasteiger charge is -2.07. The molecule has 4 N–H and O–H groups in total. The average Bonchev–Trinajstić information content (AvgIpc) is 2.96. The van der Waals surface area contributed by atoms with Crippen LogP contribution in [0.15, 0.2) is 33.7 Å². The van der Waals surface area contributed by atoms with E-state index in [0.29, 0.717) is 6.54 Å². The molecule has 5 nitrogen and oxygen atoms in total. The lowest BCUT2D eigenvalue weighted by Crippen LogP contribution is -2.26. The van der Waals surface area contributed by atoms with E-state index < -0.39 is 0 Å².